The monoisotopic (exact) mass is 382 g/mol. The van der Waals surface area contributed by atoms with Crippen LogP contribution in [0.3, 0.4) is 0 Å². The van der Waals surface area contributed by atoms with Gasteiger partial charge in [0.2, 0.25) is 5.16 Å². The molecular formula is C16H13Cl2FN4S. The molecule has 0 aliphatic heterocycles. The SMILES string of the molecule is Fc1ccc(CSc2nncn2NCc2ccc(Cl)cc2Cl)cc1. The summed E-state index contributed by atoms with van der Waals surface area (Å²) in [5.74, 6) is 0.427. The summed E-state index contributed by atoms with van der Waals surface area (Å²) in [4.78, 5) is 0. The van der Waals surface area contributed by atoms with Gasteiger partial charge >= 0.3 is 0 Å². The second-order valence-corrected chi connectivity index (χ2v) is 6.76. The van der Waals surface area contributed by atoms with E-state index in [1.165, 1.54) is 23.9 Å². The Labute approximate surface area is 153 Å². The zero-order valence-electron chi connectivity index (χ0n) is 12.4. The maximum absolute atomic E-state index is 12.9. The Kier molecular flexibility index (Phi) is 5.60. The first kappa shape index (κ1) is 17.1. The molecule has 0 radical (unpaired) electrons. The normalized spacial score (nSPS) is 10.8. The van der Waals surface area contributed by atoms with Gasteiger partial charge in [-0.15, -0.1) is 10.2 Å². The lowest BCUT2D eigenvalue weighted by atomic mass is 10.2. The number of hydrogen-bond acceptors (Lipinski definition) is 4. The standard InChI is InChI=1S/C16H13Cl2FN4S/c17-13-4-3-12(15(18)7-13)8-21-23-10-20-22-16(23)24-9-11-1-5-14(19)6-2-11/h1-7,10,21H,8-9H2. The van der Waals surface area contributed by atoms with Gasteiger partial charge < -0.3 is 5.43 Å². The summed E-state index contributed by atoms with van der Waals surface area (Å²) in [7, 11) is 0. The van der Waals surface area contributed by atoms with E-state index in [0.29, 0.717) is 27.5 Å². The molecule has 0 saturated carbocycles. The molecular weight excluding hydrogens is 370 g/mol. The summed E-state index contributed by atoms with van der Waals surface area (Å²) >= 11 is 13.6. The second kappa shape index (κ2) is 7.88. The van der Waals surface area contributed by atoms with Crippen LogP contribution in [0.5, 0.6) is 0 Å². The minimum atomic E-state index is -0.242. The smallest absolute Gasteiger partial charge is 0.210 e. The summed E-state index contributed by atoms with van der Waals surface area (Å²) in [5.41, 5.74) is 5.13. The quantitative estimate of drug-likeness (QED) is 0.624. The number of benzene rings is 2. The van der Waals surface area contributed by atoms with Crippen molar-refractivity contribution >= 4 is 35.0 Å². The number of aromatic nitrogens is 3. The van der Waals surface area contributed by atoms with Crippen LogP contribution in [0, 0.1) is 5.82 Å². The Morgan fingerprint density at radius 1 is 1.12 bits per heavy atom. The molecule has 3 rings (SSSR count). The minimum absolute atomic E-state index is 0.242. The molecule has 0 aliphatic carbocycles. The summed E-state index contributed by atoms with van der Waals surface area (Å²) in [6, 6.07) is 11.8. The number of hydrogen-bond donors (Lipinski definition) is 1. The van der Waals surface area contributed by atoms with Crippen LogP contribution in [-0.2, 0) is 12.3 Å². The van der Waals surface area contributed by atoms with Crippen molar-refractivity contribution in [2.24, 2.45) is 0 Å². The van der Waals surface area contributed by atoms with E-state index >= 15 is 0 Å². The zero-order chi connectivity index (χ0) is 16.9. The van der Waals surface area contributed by atoms with E-state index in [1.807, 2.05) is 6.07 Å². The van der Waals surface area contributed by atoms with Crippen LogP contribution in [0.1, 0.15) is 11.1 Å². The van der Waals surface area contributed by atoms with Gasteiger partial charge in [-0.05, 0) is 35.4 Å². The molecule has 1 heterocycles. The van der Waals surface area contributed by atoms with Gasteiger partial charge in [-0.25, -0.2) is 9.07 Å². The third kappa shape index (κ3) is 4.41. The lowest BCUT2D eigenvalue weighted by Crippen LogP contribution is -2.14. The van der Waals surface area contributed by atoms with E-state index in [9.17, 15) is 4.39 Å². The molecule has 24 heavy (non-hydrogen) atoms. The molecule has 4 nitrogen and oxygen atoms in total. The fourth-order valence-corrected chi connectivity index (χ4v) is 3.31. The van der Waals surface area contributed by atoms with Gasteiger partial charge in [0.25, 0.3) is 0 Å². The predicted molar refractivity (Wildman–Crippen MR) is 95.5 cm³/mol. The molecule has 3 aromatic rings. The van der Waals surface area contributed by atoms with Crippen molar-refractivity contribution < 1.29 is 4.39 Å². The summed E-state index contributed by atoms with van der Waals surface area (Å²) in [5, 5.41) is 9.91. The molecule has 0 saturated heterocycles. The Morgan fingerprint density at radius 2 is 1.92 bits per heavy atom. The van der Waals surface area contributed by atoms with Crippen molar-refractivity contribution in [2.75, 3.05) is 5.43 Å². The Balaban J connectivity index is 1.61. The highest BCUT2D eigenvalue weighted by Crippen LogP contribution is 2.22. The van der Waals surface area contributed by atoms with Crippen molar-refractivity contribution in [1.82, 2.24) is 14.9 Å². The lowest BCUT2D eigenvalue weighted by molar-refractivity contribution is 0.627. The van der Waals surface area contributed by atoms with Gasteiger partial charge in [-0.3, -0.25) is 0 Å². The summed E-state index contributed by atoms with van der Waals surface area (Å²) < 4.78 is 14.7. The molecule has 0 amide bonds. The highest BCUT2D eigenvalue weighted by Gasteiger charge is 2.07. The Morgan fingerprint density at radius 3 is 2.67 bits per heavy atom. The van der Waals surface area contributed by atoms with Crippen molar-refractivity contribution in [2.45, 2.75) is 17.5 Å². The van der Waals surface area contributed by atoms with Crippen LogP contribution in [0.25, 0.3) is 0 Å². The molecule has 1 aromatic heterocycles. The average Bonchev–Trinajstić information content (AvgIpc) is 3.01. The maximum Gasteiger partial charge on any atom is 0.210 e. The molecule has 0 bridgehead atoms. The molecule has 2 aromatic carbocycles. The van der Waals surface area contributed by atoms with Gasteiger partial charge in [-0.1, -0.05) is 53.2 Å². The van der Waals surface area contributed by atoms with Crippen molar-refractivity contribution in [3.05, 3.63) is 75.8 Å². The van der Waals surface area contributed by atoms with E-state index in [2.05, 4.69) is 15.6 Å². The van der Waals surface area contributed by atoms with Gasteiger partial charge in [-0.2, -0.15) is 0 Å². The minimum Gasteiger partial charge on any atom is -0.318 e. The zero-order valence-corrected chi connectivity index (χ0v) is 14.7. The largest absolute Gasteiger partial charge is 0.318 e. The van der Waals surface area contributed by atoms with Crippen LogP contribution >= 0.6 is 35.0 Å². The van der Waals surface area contributed by atoms with Gasteiger partial charge in [0.1, 0.15) is 12.1 Å². The summed E-state index contributed by atoms with van der Waals surface area (Å²) in [6.45, 7) is 0.512. The Bertz CT molecular complexity index is 823. The first-order chi connectivity index (χ1) is 11.6. The average molecular weight is 383 g/mol. The van der Waals surface area contributed by atoms with Crippen LogP contribution in [0.4, 0.5) is 4.39 Å². The third-order valence-electron chi connectivity index (χ3n) is 3.25. The van der Waals surface area contributed by atoms with E-state index in [0.717, 1.165) is 11.1 Å². The van der Waals surface area contributed by atoms with Crippen LogP contribution < -0.4 is 5.43 Å². The van der Waals surface area contributed by atoms with Crippen LogP contribution in [0.15, 0.2) is 53.9 Å². The molecule has 0 aliphatic rings. The fourth-order valence-electron chi connectivity index (χ4n) is 2.00. The van der Waals surface area contributed by atoms with Crippen LogP contribution in [-0.4, -0.2) is 14.9 Å². The number of nitrogens with one attached hydrogen (secondary N) is 1. The van der Waals surface area contributed by atoms with E-state index in [-0.39, 0.29) is 5.82 Å². The lowest BCUT2D eigenvalue weighted by Gasteiger charge is -2.11. The molecule has 0 fully saturated rings. The predicted octanol–water partition coefficient (Wildman–Crippen LogP) is 4.76. The highest BCUT2D eigenvalue weighted by atomic mass is 35.5. The first-order valence-corrected chi connectivity index (χ1v) is 8.81. The molecule has 0 unspecified atom stereocenters. The Hall–Kier alpha value is -1.76. The molecule has 8 heteroatoms. The van der Waals surface area contributed by atoms with Crippen molar-refractivity contribution in [3.8, 4) is 0 Å². The highest BCUT2D eigenvalue weighted by molar-refractivity contribution is 7.98. The number of halogens is 3. The van der Waals surface area contributed by atoms with Gasteiger partial charge in [0, 0.05) is 15.8 Å². The van der Waals surface area contributed by atoms with Crippen molar-refractivity contribution in [1.29, 1.82) is 0 Å². The topological polar surface area (TPSA) is 42.7 Å². The molecule has 0 atom stereocenters. The van der Waals surface area contributed by atoms with Crippen LogP contribution in [0.2, 0.25) is 10.0 Å². The fraction of sp³-hybridized carbons (Fsp3) is 0.125. The van der Waals surface area contributed by atoms with E-state index in [4.69, 9.17) is 23.2 Å². The van der Waals surface area contributed by atoms with E-state index in [1.54, 1.807) is 35.3 Å². The van der Waals surface area contributed by atoms with E-state index < -0.39 is 0 Å². The maximum atomic E-state index is 12.9. The van der Waals surface area contributed by atoms with Crippen molar-refractivity contribution in [3.63, 3.8) is 0 Å². The molecule has 124 valence electrons. The number of nitrogens with zero attached hydrogens (tertiary/aromatic N) is 3. The molecule has 1 N–H and O–H groups in total. The third-order valence-corrected chi connectivity index (χ3v) is 4.85. The van der Waals surface area contributed by atoms with Gasteiger partial charge in [0.05, 0.1) is 6.54 Å². The number of thioether (sulfide) groups is 1. The van der Waals surface area contributed by atoms with Gasteiger partial charge in [0.15, 0.2) is 0 Å². The first-order valence-electron chi connectivity index (χ1n) is 7.07. The second-order valence-electron chi connectivity index (χ2n) is 4.97. The molecule has 0 spiro atoms. The number of rotatable bonds is 6. The summed E-state index contributed by atoms with van der Waals surface area (Å²) in [6.07, 6.45) is 1.59.